The molecule has 0 spiro atoms. The Hall–Kier alpha value is -2.08. The fourth-order valence-corrected chi connectivity index (χ4v) is 3.23. The van der Waals surface area contributed by atoms with E-state index >= 15 is 0 Å². The molecule has 0 bridgehead atoms. The van der Waals surface area contributed by atoms with Crippen LogP contribution in [-0.2, 0) is 5.60 Å². The van der Waals surface area contributed by atoms with Gasteiger partial charge in [-0.15, -0.1) is 0 Å². The normalized spacial score (nSPS) is 15.2. The minimum atomic E-state index is -1.05. The van der Waals surface area contributed by atoms with E-state index < -0.39 is 5.60 Å². The van der Waals surface area contributed by atoms with E-state index in [0.717, 1.165) is 17.7 Å². The molecule has 0 radical (unpaired) electrons. The van der Waals surface area contributed by atoms with Gasteiger partial charge >= 0.3 is 0 Å². The van der Waals surface area contributed by atoms with Gasteiger partial charge in [-0.3, -0.25) is 0 Å². The summed E-state index contributed by atoms with van der Waals surface area (Å²) in [5.41, 5.74) is 0.749. The summed E-state index contributed by atoms with van der Waals surface area (Å²) in [5, 5.41) is 11.3. The molecule has 2 aromatic rings. The number of hydrogen-bond acceptors (Lipinski definition) is 1. The van der Waals surface area contributed by atoms with Crippen molar-refractivity contribution in [1.82, 2.24) is 0 Å². The molecule has 118 valence electrons. The molecule has 2 N–H and O–H groups in total. The Morgan fingerprint density at radius 3 is 1.87 bits per heavy atom. The zero-order valence-corrected chi connectivity index (χ0v) is 13.5. The van der Waals surface area contributed by atoms with Crippen LogP contribution in [0.5, 0.6) is 0 Å². The summed E-state index contributed by atoms with van der Waals surface area (Å²) in [6.07, 6.45) is 3.05. The van der Waals surface area contributed by atoms with E-state index in [9.17, 15) is 5.11 Å². The quantitative estimate of drug-likeness (QED) is 0.830. The summed E-state index contributed by atoms with van der Waals surface area (Å²) in [6, 6.07) is 19.7. The van der Waals surface area contributed by atoms with Crippen LogP contribution in [-0.4, -0.2) is 24.7 Å². The highest BCUT2D eigenvalue weighted by molar-refractivity contribution is 5.37. The van der Waals surface area contributed by atoms with Crippen molar-refractivity contribution in [1.29, 1.82) is 0 Å². The van der Waals surface area contributed by atoms with Crippen molar-refractivity contribution in [3.8, 4) is 11.8 Å². The first-order chi connectivity index (χ1) is 11.3. The molecular formula is C21H24NO+. The Kier molecular flexibility index (Phi) is 5.12. The molecule has 0 unspecified atom stereocenters. The maximum Gasteiger partial charge on any atom is 0.139 e. The molecule has 1 heterocycles. The van der Waals surface area contributed by atoms with Crippen LogP contribution in [0.2, 0.25) is 0 Å². The van der Waals surface area contributed by atoms with E-state index in [2.05, 4.69) is 11.8 Å². The van der Waals surface area contributed by atoms with Gasteiger partial charge in [-0.1, -0.05) is 66.6 Å². The van der Waals surface area contributed by atoms with Crippen LogP contribution in [0.3, 0.4) is 0 Å². The first kappa shape index (κ1) is 15.8. The third-order valence-electron chi connectivity index (χ3n) is 4.62. The highest BCUT2D eigenvalue weighted by atomic mass is 16.3. The molecule has 0 aliphatic carbocycles. The fraction of sp³-hybridized carbons (Fsp3) is 0.333. The zero-order valence-electron chi connectivity index (χ0n) is 13.5. The van der Waals surface area contributed by atoms with Gasteiger partial charge in [0.05, 0.1) is 13.1 Å². The molecule has 0 saturated carbocycles. The first-order valence-electron chi connectivity index (χ1n) is 8.42. The number of rotatable bonds is 4. The van der Waals surface area contributed by atoms with Crippen LogP contribution in [0.4, 0.5) is 0 Å². The van der Waals surface area contributed by atoms with E-state index in [-0.39, 0.29) is 0 Å². The average Bonchev–Trinajstić information content (AvgIpc) is 3.13. The maximum absolute atomic E-state index is 11.3. The van der Waals surface area contributed by atoms with E-state index in [0.29, 0.717) is 6.42 Å². The minimum Gasteiger partial charge on any atom is -0.379 e. The van der Waals surface area contributed by atoms with Gasteiger partial charge in [0, 0.05) is 19.3 Å². The van der Waals surface area contributed by atoms with Gasteiger partial charge < -0.3 is 10.0 Å². The lowest BCUT2D eigenvalue weighted by Crippen LogP contribution is -3.09. The number of quaternary nitrogens is 1. The highest BCUT2D eigenvalue weighted by Crippen LogP contribution is 2.32. The number of likely N-dealkylation sites (tertiary alicyclic amines) is 1. The molecule has 0 amide bonds. The fourth-order valence-electron chi connectivity index (χ4n) is 3.23. The maximum atomic E-state index is 11.3. The van der Waals surface area contributed by atoms with E-state index in [1.165, 1.54) is 25.9 Å². The molecule has 2 nitrogen and oxygen atoms in total. The number of nitrogens with one attached hydrogen (secondary N) is 1. The van der Waals surface area contributed by atoms with Crippen LogP contribution in [0, 0.1) is 11.8 Å². The second kappa shape index (κ2) is 7.46. The van der Waals surface area contributed by atoms with Crippen molar-refractivity contribution < 1.29 is 10.0 Å². The lowest BCUT2D eigenvalue weighted by molar-refractivity contribution is -0.879. The van der Waals surface area contributed by atoms with Gasteiger partial charge in [0.2, 0.25) is 0 Å². The zero-order chi connectivity index (χ0) is 16.0. The molecule has 1 fully saturated rings. The molecule has 23 heavy (non-hydrogen) atoms. The topological polar surface area (TPSA) is 24.7 Å². The second-order valence-electron chi connectivity index (χ2n) is 6.26. The number of hydrogen-bond donors (Lipinski definition) is 2. The highest BCUT2D eigenvalue weighted by Gasteiger charge is 2.30. The monoisotopic (exact) mass is 306 g/mol. The summed E-state index contributed by atoms with van der Waals surface area (Å²) in [6.45, 7) is 3.35. The molecule has 0 atom stereocenters. The van der Waals surface area contributed by atoms with Crippen LogP contribution in [0.15, 0.2) is 60.7 Å². The molecule has 2 aromatic carbocycles. The summed E-state index contributed by atoms with van der Waals surface area (Å²) < 4.78 is 0. The summed E-state index contributed by atoms with van der Waals surface area (Å²) >= 11 is 0. The standard InChI is InChI=1S/C21H23NO/c23-21(19-11-3-1-4-12-19,20-13-5-2-6-14-20)15-7-8-16-22-17-9-10-18-22/h1-6,11-14,23H,9-10,15-18H2/p+1. The van der Waals surface area contributed by atoms with Crippen LogP contribution >= 0.6 is 0 Å². The summed E-state index contributed by atoms with van der Waals surface area (Å²) in [5.74, 6) is 6.50. The smallest absolute Gasteiger partial charge is 0.139 e. The molecule has 1 aliphatic rings. The Morgan fingerprint density at radius 2 is 1.35 bits per heavy atom. The number of aliphatic hydroxyl groups is 1. The first-order valence-corrected chi connectivity index (χ1v) is 8.42. The number of benzene rings is 2. The minimum absolute atomic E-state index is 0.425. The Morgan fingerprint density at radius 1 is 0.826 bits per heavy atom. The molecule has 0 aromatic heterocycles. The lowest BCUT2D eigenvalue weighted by Gasteiger charge is -2.27. The van der Waals surface area contributed by atoms with Gasteiger partial charge in [-0.05, 0) is 17.0 Å². The van der Waals surface area contributed by atoms with E-state index in [4.69, 9.17) is 0 Å². The van der Waals surface area contributed by atoms with Crippen molar-refractivity contribution in [3.05, 3.63) is 71.8 Å². The van der Waals surface area contributed by atoms with Crippen LogP contribution in [0.1, 0.15) is 30.4 Å². The van der Waals surface area contributed by atoms with Gasteiger partial charge in [-0.2, -0.15) is 0 Å². The molecule has 2 heteroatoms. The summed E-state index contributed by atoms with van der Waals surface area (Å²) in [4.78, 5) is 1.57. The van der Waals surface area contributed by atoms with Crippen LogP contribution < -0.4 is 4.90 Å². The van der Waals surface area contributed by atoms with Crippen molar-refractivity contribution in [3.63, 3.8) is 0 Å². The summed E-state index contributed by atoms with van der Waals surface area (Å²) in [7, 11) is 0. The Balaban J connectivity index is 1.80. The van der Waals surface area contributed by atoms with Crippen molar-refractivity contribution >= 4 is 0 Å². The SMILES string of the molecule is OC(CC#CC[NH+]1CCCC1)(c1ccccc1)c1ccccc1. The molecule has 3 rings (SSSR count). The van der Waals surface area contributed by atoms with Crippen molar-refractivity contribution in [2.45, 2.75) is 24.9 Å². The average molecular weight is 306 g/mol. The molecule has 1 aliphatic heterocycles. The third kappa shape index (κ3) is 3.82. The predicted octanol–water partition coefficient (Wildman–Crippen LogP) is 1.99. The Bertz CT molecular complexity index is 624. The largest absolute Gasteiger partial charge is 0.379 e. The van der Waals surface area contributed by atoms with Crippen LogP contribution in [0.25, 0.3) is 0 Å². The van der Waals surface area contributed by atoms with Gasteiger partial charge in [0.1, 0.15) is 12.1 Å². The van der Waals surface area contributed by atoms with Gasteiger partial charge in [0.25, 0.3) is 0 Å². The lowest BCUT2D eigenvalue weighted by atomic mass is 9.84. The van der Waals surface area contributed by atoms with Gasteiger partial charge in [-0.25, -0.2) is 0 Å². The Labute approximate surface area is 138 Å². The van der Waals surface area contributed by atoms with Gasteiger partial charge in [0.15, 0.2) is 0 Å². The molecular weight excluding hydrogens is 282 g/mol. The van der Waals surface area contributed by atoms with Crippen molar-refractivity contribution in [2.24, 2.45) is 0 Å². The van der Waals surface area contributed by atoms with E-state index in [1.54, 1.807) is 4.90 Å². The molecule has 1 saturated heterocycles. The van der Waals surface area contributed by atoms with E-state index in [1.807, 2.05) is 60.7 Å². The predicted molar refractivity (Wildman–Crippen MR) is 93.1 cm³/mol. The third-order valence-corrected chi connectivity index (χ3v) is 4.62. The second-order valence-corrected chi connectivity index (χ2v) is 6.26. The van der Waals surface area contributed by atoms with Crippen molar-refractivity contribution in [2.75, 3.05) is 19.6 Å².